The molecular weight excluding hydrogens is 356 g/mol. The fraction of sp³-hybridized carbons (Fsp3) is 0.211. The van der Waals surface area contributed by atoms with E-state index in [0.29, 0.717) is 41.3 Å². The molecule has 0 unspecified atom stereocenters. The number of nitrogens with two attached hydrogens (primary N) is 1. The maximum Gasteiger partial charge on any atom is 0.338 e. The summed E-state index contributed by atoms with van der Waals surface area (Å²) in [6, 6.07) is 9.29. The molecule has 26 heavy (non-hydrogen) atoms. The number of ketones is 1. The molecule has 7 heteroatoms. The van der Waals surface area contributed by atoms with Gasteiger partial charge in [-0.25, -0.2) is 4.79 Å². The topological polar surface area (TPSA) is 89.7 Å². The lowest BCUT2D eigenvalue weighted by Gasteiger charge is -2.23. The summed E-state index contributed by atoms with van der Waals surface area (Å²) in [6.45, 7) is 0.351. The van der Waals surface area contributed by atoms with Crippen LogP contribution in [0.25, 0.3) is 0 Å². The molecule has 2 aromatic rings. The Labute approximate surface area is 155 Å². The maximum atomic E-state index is 13.2. The van der Waals surface area contributed by atoms with Crippen molar-refractivity contribution in [2.75, 3.05) is 24.3 Å². The smallest absolute Gasteiger partial charge is 0.338 e. The minimum atomic E-state index is -0.650. The fourth-order valence-electron chi connectivity index (χ4n) is 3.00. The lowest BCUT2D eigenvalue weighted by Crippen LogP contribution is -2.33. The van der Waals surface area contributed by atoms with Gasteiger partial charge in [-0.1, -0.05) is 11.6 Å². The van der Waals surface area contributed by atoms with Crippen LogP contribution in [0.1, 0.15) is 43.9 Å². The molecule has 0 radical (unpaired) electrons. The van der Waals surface area contributed by atoms with Crippen molar-refractivity contribution in [2.24, 2.45) is 0 Å². The Morgan fingerprint density at radius 3 is 2.65 bits per heavy atom. The zero-order chi connectivity index (χ0) is 18.8. The second kappa shape index (κ2) is 7.17. The Hall–Kier alpha value is -2.86. The molecule has 1 aliphatic rings. The molecule has 0 aromatic heterocycles. The van der Waals surface area contributed by atoms with E-state index in [9.17, 15) is 14.4 Å². The Balaban J connectivity index is 2.10. The van der Waals surface area contributed by atoms with Crippen molar-refractivity contribution in [1.82, 2.24) is 0 Å². The van der Waals surface area contributed by atoms with Gasteiger partial charge in [-0.05, 0) is 42.8 Å². The third kappa shape index (κ3) is 3.28. The van der Waals surface area contributed by atoms with E-state index in [4.69, 9.17) is 22.1 Å². The van der Waals surface area contributed by atoms with Crippen molar-refractivity contribution < 1.29 is 19.1 Å². The van der Waals surface area contributed by atoms with E-state index < -0.39 is 11.9 Å². The van der Waals surface area contributed by atoms with E-state index in [1.165, 1.54) is 24.1 Å². The number of methoxy groups -OCH3 is 1. The minimum absolute atomic E-state index is 0.0664. The third-order valence-corrected chi connectivity index (χ3v) is 4.49. The fourth-order valence-corrected chi connectivity index (χ4v) is 3.18. The number of rotatable bonds is 2. The summed E-state index contributed by atoms with van der Waals surface area (Å²) in [5, 5.41) is 0.425. The van der Waals surface area contributed by atoms with Gasteiger partial charge in [-0.3, -0.25) is 9.59 Å². The Bertz CT molecular complexity index is 910. The van der Waals surface area contributed by atoms with Crippen molar-refractivity contribution in [3.63, 3.8) is 0 Å². The van der Waals surface area contributed by atoms with Crippen LogP contribution in [0.4, 0.5) is 11.4 Å². The highest BCUT2D eigenvalue weighted by atomic mass is 35.5. The van der Waals surface area contributed by atoms with Crippen LogP contribution in [0.5, 0.6) is 0 Å². The maximum absolute atomic E-state index is 13.2. The molecule has 2 N–H and O–H groups in total. The van der Waals surface area contributed by atoms with Gasteiger partial charge in [0.2, 0.25) is 0 Å². The highest BCUT2D eigenvalue weighted by molar-refractivity contribution is 6.31. The van der Waals surface area contributed by atoms with Crippen LogP contribution >= 0.6 is 11.6 Å². The number of anilines is 2. The van der Waals surface area contributed by atoms with E-state index in [2.05, 4.69) is 0 Å². The molecule has 0 fully saturated rings. The first-order valence-corrected chi connectivity index (χ1v) is 8.42. The zero-order valence-electron chi connectivity index (χ0n) is 14.1. The van der Waals surface area contributed by atoms with E-state index in [-0.39, 0.29) is 16.9 Å². The van der Waals surface area contributed by atoms with Gasteiger partial charge in [-0.15, -0.1) is 0 Å². The van der Waals surface area contributed by atoms with Gasteiger partial charge < -0.3 is 15.4 Å². The molecule has 0 saturated heterocycles. The summed E-state index contributed by atoms with van der Waals surface area (Å²) in [5.74, 6) is -1.12. The van der Waals surface area contributed by atoms with Gasteiger partial charge in [0.1, 0.15) is 0 Å². The number of esters is 1. The molecule has 0 bridgehead atoms. The molecule has 3 rings (SSSR count). The summed E-state index contributed by atoms with van der Waals surface area (Å²) >= 11 is 6.01. The van der Waals surface area contributed by atoms with Crippen molar-refractivity contribution in [2.45, 2.75) is 12.8 Å². The molecule has 0 saturated carbocycles. The lowest BCUT2D eigenvalue weighted by molar-refractivity contribution is 0.0597. The predicted molar refractivity (Wildman–Crippen MR) is 98.9 cm³/mol. The lowest BCUT2D eigenvalue weighted by atomic mass is 10.0. The highest BCUT2D eigenvalue weighted by Crippen LogP contribution is 2.31. The minimum Gasteiger partial charge on any atom is -0.465 e. The molecule has 0 atom stereocenters. The van der Waals surface area contributed by atoms with Crippen LogP contribution in [-0.4, -0.2) is 31.3 Å². The van der Waals surface area contributed by atoms with E-state index in [1.807, 2.05) is 0 Å². The van der Waals surface area contributed by atoms with Crippen molar-refractivity contribution in [3.05, 3.63) is 58.1 Å². The van der Waals surface area contributed by atoms with Crippen LogP contribution in [0.3, 0.4) is 0 Å². The second-order valence-corrected chi connectivity index (χ2v) is 6.38. The van der Waals surface area contributed by atoms with E-state index in [0.717, 1.165) is 0 Å². The molecule has 6 nitrogen and oxygen atoms in total. The molecule has 2 aromatic carbocycles. The number of hydrogen-bond acceptors (Lipinski definition) is 5. The van der Waals surface area contributed by atoms with Gasteiger partial charge >= 0.3 is 5.97 Å². The number of nitrogen functional groups attached to an aromatic ring is 1. The first-order valence-electron chi connectivity index (χ1n) is 8.05. The average molecular weight is 373 g/mol. The van der Waals surface area contributed by atoms with Gasteiger partial charge in [-0.2, -0.15) is 0 Å². The van der Waals surface area contributed by atoms with Gasteiger partial charge in [0, 0.05) is 29.2 Å². The third-order valence-electron chi connectivity index (χ3n) is 4.26. The standard InChI is InChI=1S/C19H17ClN2O4/c1-26-19(25)14-10-12(21)5-6-13(14)18(24)22-8-2-3-17(23)15-9-11(20)4-7-16(15)22/h4-7,9-10H,2-3,8,21H2,1H3. The number of amides is 1. The number of benzene rings is 2. The van der Waals surface area contributed by atoms with Crippen molar-refractivity contribution in [3.8, 4) is 0 Å². The molecule has 1 amide bonds. The number of hydrogen-bond donors (Lipinski definition) is 1. The molecule has 0 aliphatic carbocycles. The first-order chi connectivity index (χ1) is 12.4. The number of carbonyl (C=O) groups is 3. The van der Waals surface area contributed by atoms with Crippen LogP contribution in [0, 0.1) is 0 Å². The quantitative estimate of drug-likeness (QED) is 0.645. The Morgan fingerprint density at radius 1 is 1.15 bits per heavy atom. The summed E-state index contributed by atoms with van der Waals surface area (Å²) in [6.07, 6.45) is 0.835. The zero-order valence-corrected chi connectivity index (χ0v) is 14.9. The number of fused-ring (bicyclic) bond motifs is 1. The molecule has 134 valence electrons. The Morgan fingerprint density at radius 2 is 1.92 bits per heavy atom. The molecule has 0 spiro atoms. The second-order valence-electron chi connectivity index (χ2n) is 5.94. The van der Waals surface area contributed by atoms with Crippen LogP contribution in [0.2, 0.25) is 5.02 Å². The van der Waals surface area contributed by atoms with E-state index >= 15 is 0 Å². The number of nitrogens with zero attached hydrogens (tertiary/aromatic N) is 1. The van der Waals surface area contributed by atoms with Crippen LogP contribution in [0.15, 0.2) is 36.4 Å². The SMILES string of the molecule is COC(=O)c1cc(N)ccc1C(=O)N1CCCC(=O)c2cc(Cl)ccc21. The average Bonchev–Trinajstić information content (AvgIpc) is 2.79. The highest BCUT2D eigenvalue weighted by Gasteiger charge is 2.28. The van der Waals surface area contributed by atoms with Crippen molar-refractivity contribution in [1.29, 1.82) is 0 Å². The number of carbonyl (C=O) groups excluding carboxylic acids is 3. The predicted octanol–water partition coefficient (Wildman–Crippen LogP) is 3.33. The summed E-state index contributed by atoms with van der Waals surface area (Å²) in [5.41, 5.74) is 7.23. The number of ether oxygens (including phenoxy) is 1. The summed E-state index contributed by atoms with van der Waals surface area (Å²) in [4.78, 5) is 39.1. The van der Waals surface area contributed by atoms with Crippen LogP contribution < -0.4 is 10.6 Å². The molecule has 1 heterocycles. The van der Waals surface area contributed by atoms with Crippen molar-refractivity contribution >= 4 is 40.6 Å². The summed E-state index contributed by atoms with van der Waals surface area (Å²) in [7, 11) is 1.24. The summed E-state index contributed by atoms with van der Waals surface area (Å²) < 4.78 is 4.76. The van der Waals surface area contributed by atoms with Gasteiger partial charge in [0.05, 0.1) is 23.9 Å². The monoisotopic (exact) mass is 372 g/mol. The Kier molecular flexibility index (Phi) is 4.95. The van der Waals surface area contributed by atoms with Gasteiger partial charge in [0.25, 0.3) is 5.91 Å². The van der Waals surface area contributed by atoms with Gasteiger partial charge in [0.15, 0.2) is 5.78 Å². The number of Topliss-reactive ketones (excluding diaryl/α,β-unsaturated/α-hetero) is 1. The van der Waals surface area contributed by atoms with E-state index in [1.54, 1.807) is 24.3 Å². The number of halogens is 1. The normalized spacial score (nSPS) is 13.8. The first kappa shape index (κ1) is 17.9. The molecular formula is C19H17ClN2O4. The molecule has 1 aliphatic heterocycles. The largest absolute Gasteiger partial charge is 0.465 e. The van der Waals surface area contributed by atoms with Crippen LogP contribution in [-0.2, 0) is 4.74 Å².